The van der Waals surface area contributed by atoms with Crippen LogP contribution in [0.1, 0.15) is 38.8 Å². The molecule has 0 atom stereocenters. The number of ether oxygens (including phenoxy) is 1. The van der Waals surface area contributed by atoms with Crippen LogP contribution in [0.4, 0.5) is 0 Å². The summed E-state index contributed by atoms with van der Waals surface area (Å²) in [6.07, 6.45) is 4.04. The summed E-state index contributed by atoms with van der Waals surface area (Å²) in [6, 6.07) is 7.95. The number of H-pyrrole nitrogens is 1. The Bertz CT molecular complexity index is 929. The molecule has 2 heterocycles. The predicted molar refractivity (Wildman–Crippen MR) is 104 cm³/mol. The van der Waals surface area contributed by atoms with Gasteiger partial charge >= 0.3 is 0 Å². The molecule has 0 radical (unpaired) electrons. The first-order valence-electron chi connectivity index (χ1n) is 8.83. The Balaban J connectivity index is 2.11. The van der Waals surface area contributed by atoms with E-state index >= 15 is 0 Å². The van der Waals surface area contributed by atoms with Gasteiger partial charge in [0.2, 0.25) is 0 Å². The second-order valence-electron chi connectivity index (χ2n) is 6.13. The van der Waals surface area contributed by atoms with Crippen molar-refractivity contribution in [2.24, 2.45) is 7.05 Å². The summed E-state index contributed by atoms with van der Waals surface area (Å²) < 4.78 is 8.42. The van der Waals surface area contributed by atoms with E-state index in [-0.39, 0.29) is 0 Å². The van der Waals surface area contributed by atoms with E-state index in [9.17, 15) is 0 Å². The van der Waals surface area contributed by atoms with E-state index in [1.807, 2.05) is 36.0 Å². The van der Waals surface area contributed by atoms with Gasteiger partial charge in [-0.3, -0.25) is 4.68 Å². The maximum absolute atomic E-state index is 5.95. The van der Waals surface area contributed by atoms with Gasteiger partial charge in [0.05, 0.1) is 17.9 Å². The molecule has 132 valence electrons. The van der Waals surface area contributed by atoms with Crippen LogP contribution in [0.5, 0.6) is 5.75 Å². The van der Waals surface area contributed by atoms with Crippen molar-refractivity contribution < 1.29 is 4.74 Å². The molecule has 0 aliphatic heterocycles. The van der Waals surface area contributed by atoms with Gasteiger partial charge < -0.3 is 9.72 Å². The molecule has 6 heteroatoms. The number of para-hydroxylation sites is 1. The number of benzene rings is 1. The van der Waals surface area contributed by atoms with Crippen LogP contribution in [0.25, 0.3) is 22.4 Å². The Morgan fingerprint density at radius 2 is 2.00 bits per heavy atom. The zero-order chi connectivity index (χ0) is 17.8. The third kappa shape index (κ3) is 3.58. The van der Waals surface area contributed by atoms with Gasteiger partial charge in [-0.2, -0.15) is 5.10 Å². The van der Waals surface area contributed by atoms with Crippen LogP contribution in [0, 0.1) is 4.64 Å². The fraction of sp³-hybridized carbons (Fsp3) is 0.421. The molecule has 3 aromatic rings. The van der Waals surface area contributed by atoms with Gasteiger partial charge in [-0.25, -0.2) is 4.98 Å². The van der Waals surface area contributed by atoms with Crippen molar-refractivity contribution >= 4 is 23.3 Å². The minimum absolute atomic E-state index is 0.653. The largest absolute Gasteiger partial charge is 0.493 e. The monoisotopic (exact) mass is 356 g/mol. The smallest absolute Gasteiger partial charge is 0.142 e. The topological polar surface area (TPSA) is 55.7 Å². The average molecular weight is 356 g/mol. The van der Waals surface area contributed by atoms with Crippen LogP contribution < -0.4 is 4.74 Å². The van der Waals surface area contributed by atoms with Gasteiger partial charge in [0.1, 0.15) is 27.2 Å². The van der Waals surface area contributed by atoms with Gasteiger partial charge in [-0.15, -0.1) is 0 Å². The molecular weight excluding hydrogens is 332 g/mol. The number of unbranched alkanes of at least 4 members (excludes halogenated alkanes) is 1. The standard InChI is InChI=1S/C19H24N4OS/c1-4-6-12-24-15-11-8-7-10-13(15)18-20-16-14(9-5-2)22-23(3)17(16)19(25)21-18/h7-8,10-11H,4-6,9,12H2,1-3H3,(H,20,21,25). The van der Waals surface area contributed by atoms with E-state index in [1.165, 1.54) is 0 Å². The number of aryl methyl sites for hydroxylation is 2. The van der Waals surface area contributed by atoms with E-state index in [1.54, 1.807) is 0 Å². The van der Waals surface area contributed by atoms with Crippen molar-refractivity contribution in [1.29, 1.82) is 0 Å². The SMILES string of the molecule is CCCCOc1ccccc1-c1nc2c(CCC)nn(C)c2c(=S)[nH]1. The number of nitrogens with one attached hydrogen (secondary N) is 1. The van der Waals surface area contributed by atoms with Crippen molar-refractivity contribution in [3.05, 3.63) is 34.6 Å². The molecule has 0 fully saturated rings. The van der Waals surface area contributed by atoms with Gasteiger partial charge in [-0.1, -0.05) is 51.0 Å². The highest BCUT2D eigenvalue weighted by Gasteiger charge is 2.15. The number of nitrogens with zero attached hydrogens (tertiary/aromatic N) is 3. The third-order valence-corrected chi connectivity index (χ3v) is 4.44. The predicted octanol–water partition coefficient (Wildman–Crippen LogP) is 4.82. The Morgan fingerprint density at radius 1 is 1.20 bits per heavy atom. The fourth-order valence-electron chi connectivity index (χ4n) is 2.89. The molecule has 5 nitrogen and oxygen atoms in total. The molecule has 3 rings (SSSR count). The summed E-state index contributed by atoms with van der Waals surface area (Å²) >= 11 is 5.58. The number of rotatable bonds is 7. The number of aromatic amines is 1. The maximum atomic E-state index is 5.95. The highest BCUT2D eigenvalue weighted by atomic mass is 32.1. The van der Waals surface area contributed by atoms with Crippen LogP contribution in [0.3, 0.4) is 0 Å². The van der Waals surface area contributed by atoms with E-state index in [0.29, 0.717) is 11.2 Å². The number of hydrogen-bond acceptors (Lipinski definition) is 4. The molecule has 1 N–H and O–H groups in total. The van der Waals surface area contributed by atoms with Crippen molar-refractivity contribution in [3.8, 4) is 17.1 Å². The molecule has 0 aliphatic carbocycles. The quantitative estimate of drug-likeness (QED) is 0.487. The molecule has 0 saturated carbocycles. The number of fused-ring (bicyclic) bond motifs is 1. The summed E-state index contributed by atoms with van der Waals surface area (Å²) in [6.45, 7) is 4.99. The molecule has 0 amide bonds. The van der Waals surface area contributed by atoms with Gasteiger partial charge in [0.15, 0.2) is 0 Å². The second kappa shape index (κ2) is 7.78. The molecule has 0 aliphatic rings. The molecule has 0 spiro atoms. The van der Waals surface area contributed by atoms with E-state index in [4.69, 9.17) is 21.9 Å². The van der Waals surface area contributed by atoms with Crippen molar-refractivity contribution in [1.82, 2.24) is 19.7 Å². The zero-order valence-electron chi connectivity index (χ0n) is 15.0. The fourth-order valence-corrected chi connectivity index (χ4v) is 3.22. The van der Waals surface area contributed by atoms with Crippen LogP contribution >= 0.6 is 12.2 Å². The molecule has 2 aromatic heterocycles. The third-order valence-electron chi connectivity index (χ3n) is 4.15. The summed E-state index contributed by atoms with van der Waals surface area (Å²) in [5.41, 5.74) is 3.68. The van der Waals surface area contributed by atoms with E-state index in [0.717, 1.165) is 59.5 Å². The zero-order valence-corrected chi connectivity index (χ0v) is 15.8. The van der Waals surface area contributed by atoms with E-state index in [2.05, 4.69) is 23.9 Å². The summed E-state index contributed by atoms with van der Waals surface area (Å²) in [5, 5.41) is 4.59. The van der Waals surface area contributed by atoms with E-state index < -0.39 is 0 Å². The van der Waals surface area contributed by atoms with Crippen molar-refractivity contribution in [3.63, 3.8) is 0 Å². The normalized spacial score (nSPS) is 11.2. The first kappa shape index (κ1) is 17.6. The lowest BCUT2D eigenvalue weighted by molar-refractivity contribution is 0.310. The van der Waals surface area contributed by atoms with Crippen LogP contribution in [0.2, 0.25) is 0 Å². The highest BCUT2D eigenvalue weighted by Crippen LogP contribution is 2.29. The number of aromatic nitrogens is 4. The van der Waals surface area contributed by atoms with Crippen LogP contribution in [-0.4, -0.2) is 26.4 Å². The lowest BCUT2D eigenvalue weighted by Gasteiger charge is -2.11. The molecule has 0 unspecified atom stereocenters. The summed E-state index contributed by atoms with van der Waals surface area (Å²) in [5.74, 6) is 1.56. The van der Waals surface area contributed by atoms with Gasteiger partial charge in [-0.05, 0) is 25.0 Å². The Hall–Kier alpha value is -2.21. The molecule has 0 saturated heterocycles. The van der Waals surface area contributed by atoms with Crippen LogP contribution in [-0.2, 0) is 13.5 Å². The Morgan fingerprint density at radius 3 is 2.76 bits per heavy atom. The molecular formula is C19H24N4OS. The molecule has 0 bridgehead atoms. The molecule has 25 heavy (non-hydrogen) atoms. The Kier molecular flexibility index (Phi) is 5.48. The van der Waals surface area contributed by atoms with Crippen molar-refractivity contribution in [2.75, 3.05) is 6.61 Å². The highest BCUT2D eigenvalue weighted by molar-refractivity contribution is 7.71. The van der Waals surface area contributed by atoms with Crippen LogP contribution in [0.15, 0.2) is 24.3 Å². The first-order valence-corrected chi connectivity index (χ1v) is 9.24. The minimum atomic E-state index is 0.653. The molecule has 1 aromatic carbocycles. The number of hydrogen-bond donors (Lipinski definition) is 1. The Labute approximate surface area is 153 Å². The van der Waals surface area contributed by atoms with Gasteiger partial charge in [0, 0.05) is 7.05 Å². The summed E-state index contributed by atoms with van der Waals surface area (Å²) in [7, 11) is 1.91. The minimum Gasteiger partial charge on any atom is -0.493 e. The maximum Gasteiger partial charge on any atom is 0.142 e. The first-order chi connectivity index (χ1) is 12.2. The van der Waals surface area contributed by atoms with Crippen molar-refractivity contribution in [2.45, 2.75) is 39.5 Å². The second-order valence-corrected chi connectivity index (χ2v) is 6.54. The summed E-state index contributed by atoms with van der Waals surface area (Å²) in [4.78, 5) is 8.11. The lowest BCUT2D eigenvalue weighted by Crippen LogP contribution is -2.00. The average Bonchev–Trinajstić information content (AvgIpc) is 2.92. The van der Waals surface area contributed by atoms with Gasteiger partial charge in [0.25, 0.3) is 0 Å². The lowest BCUT2D eigenvalue weighted by atomic mass is 10.1.